The Hall–Kier alpha value is -2.23. The highest BCUT2D eigenvalue weighted by Gasteiger charge is 2.05. The van der Waals surface area contributed by atoms with E-state index in [4.69, 9.17) is 4.74 Å². The fraction of sp³-hybridized carbons (Fsp3) is 0.214. The molecule has 0 unspecified atom stereocenters. The zero-order chi connectivity index (χ0) is 12.8. The van der Waals surface area contributed by atoms with Crippen LogP contribution in [0.5, 0.6) is 11.5 Å². The Morgan fingerprint density at radius 3 is 2.83 bits per heavy atom. The molecule has 0 spiro atoms. The number of phenolic OH excluding ortho intramolecular Hbond substituents is 1. The molecule has 0 fully saturated rings. The minimum atomic E-state index is 0.277. The highest BCUT2D eigenvalue weighted by Crippen LogP contribution is 2.23. The molecule has 0 radical (unpaired) electrons. The van der Waals surface area contributed by atoms with Gasteiger partial charge in [0, 0.05) is 18.3 Å². The van der Waals surface area contributed by atoms with Gasteiger partial charge in [-0.15, -0.1) is 0 Å². The van der Waals surface area contributed by atoms with Crippen molar-refractivity contribution in [1.82, 2.24) is 4.98 Å². The summed E-state index contributed by atoms with van der Waals surface area (Å²) in [4.78, 5) is 4.22. The average Bonchev–Trinajstić information content (AvgIpc) is 2.40. The van der Waals surface area contributed by atoms with Crippen LogP contribution in [-0.2, 0) is 6.54 Å². The predicted octanol–water partition coefficient (Wildman–Crippen LogP) is 2.80. The molecule has 94 valence electrons. The Kier molecular flexibility index (Phi) is 4.02. The quantitative estimate of drug-likeness (QED) is 0.849. The summed E-state index contributed by atoms with van der Waals surface area (Å²) in [5.74, 6) is 1.68. The molecule has 1 heterocycles. The summed E-state index contributed by atoms with van der Waals surface area (Å²) in [5, 5.41) is 12.8. The van der Waals surface area contributed by atoms with Crippen LogP contribution in [0.2, 0.25) is 0 Å². The van der Waals surface area contributed by atoms with Gasteiger partial charge in [-0.05, 0) is 25.1 Å². The Morgan fingerprint density at radius 2 is 2.06 bits per heavy atom. The normalized spacial score (nSPS) is 10.1. The van der Waals surface area contributed by atoms with Gasteiger partial charge in [0.2, 0.25) is 0 Å². The molecule has 0 atom stereocenters. The van der Waals surface area contributed by atoms with E-state index in [0.29, 0.717) is 19.0 Å². The second kappa shape index (κ2) is 5.91. The van der Waals surface area contributed by atoms with Gasteiger partial charge in [0.05, 0.1) is 6.61 Å². The van der Waals surface area contributed by atoms with Crippen LogP contribution in [0.3, 0.4) is 0 Å². The van der Waals surface area contributed by atoms with E-state index in [1.807, 2.05) is 31.2 Å². The second-order valence-electron chi connectivity index (χ2n) is 3.77. The predicted molar refractivity (Wildman–Crippen MR) is 70.8 cm³/mol. The molecular formula is C14H16N2O2. The van der Waals surface area contributed by atoms with E-state index >= 15 is 0 Å². The summed E-state index contributed by atoms with van der Waals surface area (Å²) >= 11 is 0. The minimum Gasteiger partial charge on any atom is -0.508 e. The molecule has 0 aliphatic heterocycles. The molecule has 4 heteroatoms. The largest absolute Gasteiger partial charge is 0.508 e. The van der Waals surface area contributed by atoms with E-state index in [1.54, 1.807) is 18.3 Å². The first-order chi connectivity index (χ1) is 8.81. The van der Waals surface area contributed by atoms with E-state index in [-0.39, 0.29) is 5.75 Å². The Balaban J connectivity index is 2.08. The lowest BCUT2D eigenvalue weighted by atomic mass is 10.2. The molecule has 2 aromatic rings. The molecule has 0 saturated carbocycles. The molecule has 1 aromatic heterocycles. The molecule has 2 rings (SSSR count). The van der Waals surface area contributed by atoms with Crippen molar-refractivity contribution < 1.29 is 9.84 Å². The molecule has 0 aliphatic rings. The highest BCUT2D eigenvalue weighted by molar-refractivity contribution is 5.50. The third-order valence-corrected chi connectivity index (χ3v) is 2.51. The number of anilines is 1. The van der Waals surface area contributed by atoms with Crippen LogP contribution in [0.25, 0.3) is 0 Å². The van der Waals surface area contributed by atoms with Crippen molar-refractivity contribution in [2.24, 2.45) is 0 Å². The van der Waals surface area contributed by atoms with Gasteiger partial charge in [-0.2, -0.15) is 0 Å². The summed E-state index contributed by atoms with van der Waals surface area (Å²) < 4.78 is 5.47. The molecule has 18 heavy (non-hydrogen) atoms. The molecule has 1 aromatic carbocycles. The summed E-state index contributed by atoms with van der Waals surface area (Å²) in [5.41, 5.74) is 0.825. The molecule has 2 N–H and O–H groups in total. The fourth-order valence-corrected chi connectivity index (χ4v) is 1.63. The third-order valence-electron chi connectivity index (χ3n) is 2.51. The van der Waals surface area contributed by atoms with Gasteiger partial charge >= 0.3 is 0 Å². The van der Waals surface area contributed by atoms with Crippen molar-refractivity contribution in [2.75, 3.05) is 11.9 Å². The van der Waals surface area contributed by atoms with Gasteiger partial charge in [-0.25, -0.2) is 4.98 Å². The maximum atomic E-state index is 9.67. The maximum Gasteiger partial charge on any atom is 0.169 e. The first-order valence-electron chi connectivity index (χ1n) is 5.90. The minimum absolute atomic E-state index is 0.277. The Labute approximate surface area is 106 Å². The number of aromatic nitrogens is 1. The van der Waals surface area contributed by atoms with Crippen molar-refractivity contribution in [1.29, 1.82) is 0 Å². The topological polar surface area (TPSA) is 54.4 Å². The number of ether oxygens (including phenoxy) is 1. The van der Waals surface area contributed by atoms with E-state index < -0.39 is 0 Å². The first kappa shape index (κ1) is 12.2. The molecule has 4 nitrogen and oxygen atoms in total. The van der Waals surface area contributed by atoms with E-state index in [1.165, 1.54) is 0 Å². The number of nitrogens with zero attached hydrogens (tertiary/aromatic N) is 1. The fourth-order valence-electron chi connectivity index (χ4n) is 1.63. The Morgan fingerprint density at radius 1 is 1.22 bits per heavy atom. The molecule has 0 saturated heterocycles. The number of aromatic hydroxyl groups is 1. The summed E-state index contributed by atoms with van der Waals surface area (Å²) in [6.45, 7) is 3.03. The monoisotopic (exact) mass is 244 g/mol. The SMILES string of the molecule is CCOc1cccnc1NCc1ccccc1O. The molecule has 0 aliphatic carbocycles. The number of rotatable bonds is 5. The van der Waals surface area contributed by atoms with Crippen LogP contribution >= 0.6 is 0 Å². The molecular weight excluding hydrogens is 228 g/mol. The number of benzene rings is 1. The van der Waals surface area contributed by atoms with Crippen molar-refractivity contribution >= 4 is 5.82 Å². The maximum absolute atomic E-state index is 9.67. The van der Waals surface area contributed by atoms with Crippen LogP contribution in [0.4, 0.5) is 5.82 Å². The van der Waals surface area contributed by atoms with E-state index in [0.717, 1.165) is 11.3 Å². The smallest absolute Gasteiger partial charge is 0.169 e. The van der Waals surface area contributed by atoms with E-state index in [9.17, 15) is 5.11 Å². The van der Waals surface area contributed by atoms with Crippen molar-refractivity contribution in [3.63, 3.8) is 0 Å². The number of hydrogen-bond acceptors (Lipinski definition) is 4. The standard InChI is InChI=1S/C14H16N2O2/c1-2-18-13-8-5-9-15-14(13)16-10-11-6-3-4-7-12(11)17/h3-9,17H,2,10H2,1H3,(H,15,16). The van der Waals surface area contributed by atoms with Crippen molar-refractivity contribution in [3.8, 4) is 11.5 Å². The zero-order valence-electron chi connectivity index (χ0n) is 10.3. The lowest BCUT2D eigenvalue weighted by Crippen LogP contribution is -2.04. The van der Waals surface area contributed by atoms with Gasteiger partial charge in [0.25, 0.3) is 0 Å². The van der Waals surface area contributed by atoms with Gasteiger partial charge in [-0.3, -0.25) is 0 Å². The van der Waals surface area contributed by atoms with Crippen LogP contribution in [0.15, 0.2) is 42.6 Å². The average molecular weight is 244 g/mol. The second-order valence-corrected chi connectivity index (χ2v) is 3.77. The number of para-hydroxylation sites is 1. The van der Waals surface area contributed by atoms with Crippen LogP contribution < -0.4 is 10.1 Å². The first-order valence-corrected chi connectivity index (χ1v) is 5.90. The number of hydrogen-bond donors (Lipinski definition) is 2. The third kappa shape index (κ3) is 2.91. The van der Waals surface area contributed by atoms with Gasteiger partial charge in [-0.1, -0.05) is 18.2 Å². The van der Waals surface area contributed by atoms with Crippen LogP contribution in [0, 0.1) is 0 Å². The lowest BCUT2D eigenvalue weighted by Gasteiger charge is -2.11. The molecule has 0 amide bonds. The van der Waals surface area contributed by atoms with Gasteiger partial charge in [0.15, 0.2) is 11.6 Å². The molecule has 0 bridgehead atoms. The number of pyridine rings is 1. The highest BCUT2D eigenvalue weighted by atomic mass is 16.5. The number of phenols is 1. The summed E-state index contributed by atoms with van der Waals surface area (Å²) in [7, 11) is 0. The summed E-state index contributed by atoms with van der Waals surface area (Å²) in [6.07, 6.45) is 1.70. The van der Waals surface area contributed by atoms with Crippen LogP contribution in [0.1, 0.15) is 12.5 Å². The van der Waals surface area contributed by atoms with Crippen LogP contribution in [-0.4, -0.2) is 16.7 Å². The Bertz CT molecular complexity index is 515. The van der Waals surface area contributed by atoms with Gasteiger partial charge < -0.3 is 15.2 Å². The summed E-state index contributed by atoms with van der Waals surface area (Å²) in [6, 6.07) is 10.9. The lowest BCUT2D eigenvalue weighted by molar-refractivity contribution is 0.340. The zero-order valence-corrected chi connectivity index (χ0v) is 10.3. The van der Waals surface area contributed by atoms with Crippen molar-refractivity contribution in [2.45, 2.75) is 13.5 Å². The van der Waals surface area contributed by atoms with Gasteiger partial charge in [0.1, 0.15) is 5.75 Å². The number of nitrogens with one attached hydrogen (secondary N) is 1. The van der Waals surface area contributed by atoms with E-state index in [2.05, 4.69) is 10.3 Å². The van der Waals surface area contributed by atoms with Crippen molar-refractivity contribution in [3.05, 3.63) is 48.2 Å².